The highest BCUT2D eigenvalue weighted by Crippen LogP contribution is 2.15. The normalized spacial score (nSPS) is 10.5. The number of anilines is 1. The van der Waals surface area contributed by atoms with E-state index in [9.17, 15) is 14.9 Å². The van der Waals surface area contributed by atoms with Crippen LogP contribution in [0.4, 0.5) is 5.69 Å². The maximum Gasteiger partial charge on any atom is 0.266 e. The predicted molar refractivity (Wildman–Crippen MR) is 99.3 cm³/mol. The molecule has 0 aliphatic heterocycles. The first kappa shape index (κ1) is 18.7. The molecule has 0 unspecified atom stereocenters. The molecule has 0 atom stereocenters. The van der Waals surface area contributed by atoms with Gasteiger partial charge in [0.25, 0.3) is 11.8 Å². The number of rotatable bonds is 7. The molecule has 0 aliphatic rings. The van der Waals surface area contributed by atoms with E-state index in [2.05, 4.69) is 10.6 Å². The van der Waals surface area contributed by atoms with Crippen molar-refractivity contribution >= 4 is 23.6 Å². The van der Waals surface area contributed by atoms with E-state index >= 15 is 0 Å². The fourth-order valence-electron chi connectivity index (χ4n) is 2.09. The summed E-state index contributed by atoms with van der Waals surface area (Å²) in [5.74, 6) is -0.142. The van der Waals surface area contributed by atoms with Gasteiger partial charge in [-0.25, -0.2) is 0 Å². The van der Waals surface area contributed by atoms with Crippen molar-refractivity contribution < 1.29 is 14.3 Å². The van der Waals surface area contributed by atoms with Crippen molar-refractivity contribution in [2.45, 2.75) is 6.92 Å². The van der Waals surface area contributed by atoms with Crippen LogP contribution in [0.3, 0.4) is 0 Å². The molecule has 2 aromatic rings. The highest BCUT2D eigenvalue weighted by molar-refractivity contribution is 6.09. The number of carbonyl (C=O) groups excluding carboxylic acids is 2. The molecular weight excluding hydrogens is 330 g/mol. The Morgan fingerprint density at radius 2 is 1.81 bits per heavy atom. The number of likely N-dealkylation sites (N-methyl/N-ethyl adjacent to an activating group) is 1. The quantitative estimate of drug-likeness (QED) is 0.594. The van der Waals surface area contributed by atoms with E-state index in [-0.39, 0.29) is 18.1 Å². The summed E-state index contributed by atoms with van der Waals surface area (Å²) >= 11 is 0. The van der Waals surface area contributed by atoms with Gasteiger partial charge in [-0.2, -0.15) is 5.26 Å². The Morgan fingerprint density at radius 1 is 1.12 bits per heavy atom. The zero-order valence-electron chi connectivity index (χ0n) is 14.4. The van der Waals surface area contributed by atoms with Crippen molar-refractivity contribution in [3.8, 4) is 11.8 Å². The second-order valence-corrected chi connectivity index (χ2v) is 5.30. The van der Waals surface area contributed by atoms with Gasteiger partial charge in [-0.15, -0.1) is 0 Å². The number of ether oxygens (including phenoxy) is 1. The molecule has 0 fully saturated rings. The second kappa shape index (κ2) is 9.64. The fourth-order valence-corrected chi connectivity index (χ4v) is 2.09. The number of para-hydroxylation sites is 1. The van der Waals surface area contributed by atoms with E-state index in [0.29, 0.717) is 23.5 Å². The van der Waals surface area contributed by atoms with Crippen molar-refractivity contribution in [3.63, 3.8) is 0 Å². The lowest BCUT2D eigenvalue weighted by Crippen LogP contribution is -2.28. The molecule has 132 valence electrons. The molecule has 0 heterocycles. The van der Waals surface area contributed by atoms with Gasteiger partial charge in [0.05, 0.1) is 0 Å². The van der Waals surface area contributed by atoms with E-state index < -0.39 is 5.91 Å². The SMILES string of the molecule is CCNC(=O)COc1ccc(/C=C(/C#N)C(=O)Nc2ccccc2)cc1. The van der Waals surface area contributed by atoms with Crippen molar-refractivity contribution in [1.29, 1.82) is 5.26 Å². The van der Waals surface area contributed by atoms with Gasteiger partial charge >= 0.3 is 0 Å². The summed E-state index contributed by atoms with van der Waals surface area (Å²) in [6, 6.07) is 17.6. The lowest BCUT2D eigenvalue weighted by Gasteiger charge is -2.06. The van der Waals surface area contributed by atoms with Gasteiger partial charge in [-0.1, -0.05) is 30.3 Å². The third-order valence-electron chi connectivity index (χ3n) is 3.33. The van der Waals surface area contributed by atoms with Crippen molar-refractivity contribution in [3.05, 3.63) is 65.7 Å². The standard InChI is InChI=1S/C20H19N3O3/c1-2-22-19(24)14-26-18-10-8-15(9-11-18)12-16(13-21)20(25)23-17-6-4-3-5-7-17/h3-12H,2,14H2,1H3,(H,22,24)(H,23,25)/b16-12-. The Hall–Kier alpha value is -3.59. The van der Waals surface area contributed by atoms with E-state index in [1.165, 1.54) is 6.08 Å². The second-order valence-electron chi connectivity index (χ2n) is 5.30. The first-order valence-corrected chi connectivity index (χ1v) is 8.10. The van der Waals surface area contributed by atoms with Crippen LogP contribution in [0.2, 0.25) is 0 Å². The van der Waals surface area contributed by atoms with E-state index in [0.717, 1.165) is 0 Å². The van der Waals surface area contributed by atoms with Crippen molar-refractivity contribution in [1.82, 2.24) is 5.32 Å². The number of hydrogen-bond acceptors (Lipinski definition) is 4. The number of benzene rings is 2. The van der Waals surface area contributed by atoms with Crippen molar-refractivity contribution in [2.75, 3.05) is 18.5 Å². The van der Waals surface area contributed by atoms with E-state index in [1.54, 1.807) is 48.5 Å². The number of nitrogens with zero attached hydrogens (tertiary/aromatic N) is 1. The molecule has 0 bridgehead atoms. The minimum Gasteiger partial charge on any atom is -0.484 e. The molecule has 0 spiro atoms. The summed E-state index contributed by atoms with van der Waals surface area (Å²) in [5.41, 5.74) is 1.28. The molecular formula is C20H19N3O3. The predicted octanol–water partition coefficient (Wildman–Crippen LogP) is 2.75. The van der Waals surface area contributed by atoms with Gasteiger partial charge in [0.15, 0.2) is 6.61 Å². The summed E-state index contributed by atoms with van der Waals surface area (Å²) in [6.45, 7) is 2.32. The van der Waals surface area contributed by atoms with Crippen LogP contribution in [0.15, 0.2) is 60.2 Å². The van der Waals surface area contributed by atoms with Crippen LogP contribution >= 0.6 is 0 Å². The average Bonchev–Trinajstić information content (AvgIpc) is 2.66. The van der Waals surface area contributed by atoms with Crippen LogP contribution in [-0.2, 0) is 9.59 Å². The largest absolute Gasteiger partial charge is 0.484 e. The molecule has 0 radical (unpaired) electrons. The Morgan fingerprint density at radius 3 is 2.42 bits per heavy atom. The molecule has 2 amide bonds. The molecule has 0 saturated carbocycles. The van der Waals surface area contributed by atoms with Gasteiger partial charge in [-0.3, -0.25) is 9.59 Å². The topological polar surface area (TPSA) is 91.2 Å². The molecule has 0 aliphatic carbocycles. The van der Waals surface area contributed by atoms with Gasteiger partial charge in [0, 0.05) is 12.2 Å². The van der Waals surface area contributed by atoms with Crippen LogP contribution < -0.4 is 15.4 Å². The third kappa shape index (κ3) is 5.80. The highest BCUT2D eigenvalue weighted by atomic mass is 16.5. The summed E-state index contributed by atoms with van der Waals surface area (Å²) in [6.07, 6.45) is 1.49. The number of carbonyl (C=O) groups is 2. The summed E-state index contributed by atoms with van der Waals surface area (Å²) in [4.78, 5) is 23.5. The molecule has 6 nitrogen and oxygen atoms in total. The number of hydrogen-bond donors (Lipinski definition) is 2. The molecule has 0 aromatic heterocycles. The smallest absolute Gasteiger partial charge is 0.266 e. The van der Waals surface area contributed by atoms with Crippen LogP contribution in [-0.4, -0.2) is 25.0 Å². The Kier molecular flexibility index (Phi) is 6.95. The lowest BCUT2D eigenvalue weighted by atomic mass is 10.1. The highest BCUT2D eigenvalue weighted by Gasteiger charge is 2.09. The summed E-state index contributed by atoms with van der Waals surface area (Å²) in [5, 5.41) is 14.5. The van der Waals surface area contributed by atoms with Crippen LogP contribution in [0.5, 0.6) is 5.75 Å². The van der Waals surface area contributed by atoms with Crippen LogP contribution in [0.25, 0.3) is 6.08 Å². The number of nitriles is 1. The Balaban J connectivity index is 2.01. The maximum atomic E-state index is 12.2. The van der Waals surface area contributed by atoms with Crippen LogP contribution in [0.1, 0.15) is 12.5 Å². The summed E-state index contributed by atoms with van der Waals surface area (Å²) < 4.78 is 5.36. The zero-order chi connectivity index (χ0) is 18.8. The summed E-state index contributed by atoms with van der Waals surface area (Å²) in [7, 11) is 0. The minimum atomic E-state index is -0.477. The number of nitrogens with one attached hydrogen (secondary N) is 2. The molecule has 2 rings (SSSR count). The molecule has 6 heteroatoms. The lowest BCUT2D eigenvalue weighted by molar-refractivity contribution is -0.123. The van der Waals surface area contributed by atoms with E-state index in [1.807, 2.05) is 19.1 Å². The first-order valence-electron chi connectivity index (χ1n) is 8.10. The Labute approximate surface area is 152 Å². The minimum absolute atomic E-state index is 0.00940. The van der Waals surface area contributed by atoms with Crippen LogP contribution in [0, 0.1) is 11.3 Å². The molecule has 26 heavy (non-hydrogen) atoms. The molecule has 2 N–H and O–H groups in total. The van der Waals surface area contributed by atoms with Gasteiger partial charge in [0.2, 0.25) is 0 Å². The first-order chi connectivity index (χ1) is 12.6. The monoisotopic (exact) mass is 349 g/mol. The van der Waals surface area contributed by atoms with E-state index in [4.69, 9.17) is 4.74 Å². The van der Waals surface area contributed by atoms with Gasteiger partial charge in [0.1, 0.15) is 17.4 Å². The van der Waals surface area contributed by atoms with Crippen molar-refractivity contribution in [2.24, 2.45) is 0 Å². The van der Waals surface area contributed by atoms with Gasteiger partial charge in [-0.05, 0) is 42.8 Å². The van der Waals surface area contributed by atoms with Gasteiger partial charge < -0.3 is 15.4 Å². The maximum absolute atomic E-state index is 12.2. The molecule has 0 saturated heterocycles. The number of amides is 2. The zero-order valence-corrected chi connectivity index (χ0v) is 14.4. The third-order valence-corrected chi connectivity index (χ3v) is 3.33. The Bertz CT molecular complexity index is 822. The fraction of sp³-hybridized carbons (Fsp3) is 0.150. The average molecular weight is 349 g/mol. The molecule has 2 aromatic carbocycles.